The molecule has 210 valence electrons. The minimum Gasteiger partial charge on any atom is -0.507 e. The third-order valence-electron chi connectivity index (χ3n) is 8.56. The van der Waals surface area contributed by atoms with Crippen LogP contribution in [-0.2, 0) is 30.5 Å². The fourth-order valence-corrected chi connectivity index (χ4v) is 6.84. The molecule has 0 heterocycles. The number of carbonyl (C=O) groups is 5. The summed E-state index contributed by atoms with van der Waals surface area (Å²) < 4.78 is 5.97. The van der Waals surface area contributed by atoms with Gasteiger partial charge >= 0.3 is 0 Å². The number of Topliss-reactive ketones (excluding diaryl/α,β-unsaturated/α-hetero) is 4. The molecule has 11 heteroatoms. The summed E-state index contributed by atoms with van der Waals surface area (Å²) in [6.45, 7) is 0.0829. The van der Waals surface area contributed by atoms with Crippen LogP contribution in [0.4, 0.5) is 0 Å². The zero-order valence-electron chi connectivity index (χ0n) is 21.9. The lowest BCUT2D eigenvalue weighted by Gasteiger charge is -2.56. The number of nitrogens with zero attached hydrogens (tertiary/aromatic N) is 1. The van der Waals surface area contributed by atoms with Crippen molar-refractivity contribution in [3.63, 3.8) is 0 Å². The van der Waals surface area contributed by atoms with Crippen LogP contribution < -0.4 is 5.73 Å². The van der Waals surface area contributed by atoms with Crippen LogP contribution in [0.3, 0.4) is 0 Å². The maximum absolute atomic E-state index is 14.1. The van der Waals surface area contributed by atoms with Crippen LogP contribution in [0.25, 0.3) is 0 Å². The first-order valence-corrected chi connectivity index (χ1v) is 12.9. The van der Waals surface area contributed by atoms with E-state index in [1.165, 1.54) is 31.1 Å². The summed E-state index contributed by atoms with van der Waals surface area (Å²) in [4.78, 5) is 68.1. The van der Waals surface area contributed by atoms with Crippen molar-refractivity contribution >= 4 is 29.0 Å². The summed E-state index contributed by atoms with van der Waals surface area (Å²) in [5.74, 6) is -13.9. The van der Waals surface area contributed by atoms with E-state index < -0.39 is 82.1 Å². The Labute approximate surface area is 229 Å². The molecule has 8 atom stereocenters. The predicted octanol–water partition coefficient (Wildman–Crippen LogP) is -0.404. The molecule has 8 unspecified atom stereocenters. The first-order chi connectivity index (χ1) is 18.9. The number of ketones is 4. The minimum atomic E-state index is -3.05. The molecule has 0 radical (unpaired) electrons. The molecule has 0 saturated heterocycles. The van der Waals surface area contributed by atoms with E-state index in [1.807, 2.05) is 30.3 Å². The molecular formula is C29H30N2O9. The molecule has 0 aliphatic heterocycles. The van der Waals surface area contributed by atoms with Gasteiger partial charge < -0.3 is 25.8 Å². The van der Waals surface area contributed by atoms with Crippen LogP contribution in [-0.4, -0.2) is 87.7 Å². The summed E-state index contributed by atoms with van der Waals surface area (Å²) >= 11 is 0. The van der Waals surface area contributed by atoms with Gasteiger partial charge in [0.15, 0.2) is 34.7 Å². The molecule has 2 fully saturated rings. The topological polar surface area (TPSA) is 185 Å². The van der Waals surface area contributed by atoms with E-state index in [0.717, 1.165) is 5.56 Å². The lowest BCUT2D eigenvalue weighted by atomic mass is 9.49. The number of rotatable bonds is 6. The number of ether oxygens (including phenoxy) is 1. The Morgan fingerprint density at radius 1 is 1.02 bits per heavy atom. The van der Waals surface area contributed by atoms with Gasteiger partial charge in [0.05, 0.1) is 42.8 Å². The first-order valence-electron chi connectivity index (χ1n) is 12.9. The van der Waals surface area contributed by atoms with Crippen molar-refractivity contribution in [1.29, 1.82) is 0 Å². The molecular weight excluding hydrogens is 520 g/mol. The van der Waals surface area contributed by atoms with Gasteiger partial charge in [0.25, 0.3) is 0 Å². The number of amides is 1. The average molecular weight is 551 g/mol. The Kier molecular flexibility index (Phi) is 6.95. The number of aliphatic hydroxyl groups excluding tert-OH is 1. The van der Waals surface area contributed by atoms with Gasteiger partial charge in [-0.3, -0.25) is 28.9 Å². The second-order valence-corrected chi connectivity index (χ2v) is 10.9. The monoisotopic (exact) mass is 550 g/mol. The second kappa shape index (κ2) is 10.0. The van der Waals surface area contributed by atoms with Crippen LogP contribution in [0, 0.1) is 23.7 Å². The van der Waals surface area contributed by atoms with E-state index in [1.54, 1.807) is 6.07 Å². The van der Waals surface area contributed by atoms with E-state index in [9.17, 15) is 39.3 Å². The molecule has 1 amide bonds. The predicted molar refractivity (Wildman–Crippen MR) is 138 cm³/mol. The molecule has 5 rings (SSSR count). The van der Waals surface area contributed by atoms with E-state index in [0.29, 0.717) is 5.56 Å². The van der Waals surface area contributed by atoms with Crippen LogP contribution in [0.15, 0.2) is 48.5 Å². The number of aliphatic hydroxyl groups is 2. The Bertz CT molecular complexity index is 1410. The van der Waals surface area contributed by atoms with Gasteiger partial charge in [-0.2, -0.15) is 0 Å². The van der Waals surface area contributed by atoms with E-state index >= 15 is 0 Å². The zero-order chi connectivity index (χ0) is 29.1. The lowest BCUT2D eigenvalue weighted by molar-refractivity contribution is -0.197. The maximum Gasteiger partial charge on any atom is 0.235 e. The second-order valence-electron chi connectivity index (χ2n) is 10.9. The van der Waals surface area contributed by atoms with Gasteiger partial charge in [0.1, 0.15) is 5.75 Å². The van der Waals surface area contributed by atoms with E-state index in [2.05, 4.69) is 0 Å². The number of nitrogens with two attached hydrogens (primary N) is 1. The molecule has 3 aliphatic rings. The largest absolute Gasteiger partial charge is 0.507 e. The first kappa shape index (κ1) is 27.8. The number of fused-ring (bicyclic) bond motifs is 3. The number of aromatic hydroxyl groups is 1. The molecule has 2 aromatic carbocycles. The highest BCUT2D eigenvalue weighted by molar-refractivity contribution is 6.32. The minimum absolute atomic E-state index is 0.0896. The van der Waals surface area contributed by atoms with Gasteiger partial charge in [-0.15, -0.1) is 0 Å². The number of likely N-dealkylation sites (N-methyl/N-ethyl adjacent to an activating group) is 1. The van der Waals surface area contributed by atoms with Gasteiger partial charge in [0, 0.05) is 11.8 Å². The van der Waals surface area contributed by atoms with Crippen molar-refractivity contribution < 1.29 is 44.0 Å². The zero-order valence-corrected chi connectivity index (χ0v) is 21.9. The molecule has 0 bridgehead atoms. The number of carbonyl (C=O) groups excluding carboxylic acids is 5. The van der Waals surface area contributed by atoms with Crippen molar-refractivity contribution in [2.75, 3.05) is 20.7 Å². The number of hydrogen-bond donors (Lipinski definition) is 4. The van der Waals surface area contributed by atoms with Crippen molar-refractivity contribution in [3.05, 3.63) is 65.2 Å². The Hall–Kier alpha value is -3.77. The maximum atomic E-state index is 14.1. The van der Waals surface area contributed by atoms with Gasteiger partial charge in [-0.25, -0.2) is 0 Å². The van der Waals surface area contributed by atoms with Crippen LogP contribution in [0.5, 0.6) is 5.75 Å². The van der Waals surface area contributed by atoms with Crippen molar-refractivity contribution in [2.45, 2.75) is 30.3 Å². The van der Waals surface area contributed by atoms with E-state index in [-0.39, 0.29) is 18.8 Å². The SMILES string of the molecule is CN(C)C1C(=O)C(C(N)=O)C(=O)C2(O)C(=O)C3C(=O)c4c(O)cccc4C(COCc4ccccc4)C3C(O)C12. The van der Waals surface area contributed by atoms with Gasteiger partial charge in [0.2, 0.25) is 5.91 Å². The van der Waals surface area contributed by atoms with Crippen molar-refractivity contribution in [2.24, 2.45) is 29.4 Å². The molecule has 0 aromatic heterocycles. The van der Waals surface area contributed by atoms with Gasteiger partial charge in [-0.05, 0) is 31.3 Å². The normalized spacial score (nSPS) is 33.4. The molecule has 0 spiro atoms. The van der Waals surface area contributed by atoms with Crippen molar-refractivity contribution in [3.8, 4) is 5.75 Å². The third kappa shape index (κ3) is 3.92. The van der Waals surface area contributed by atoms with Crippen molar-refractivity contribution in [1.82, 2.24) is 4.90 Å². The molecule has 2 saturated carbocycles. The van der Waals surface area contributed by atoms with Crippen LogP contribution in [0.1, 0.15) is 27.4 Å². The smallest absolute Gasteiger partial charge is 0.235 e. The highest BCUT2D eigenvalue weighted by atomic mass is 16.5. The number of phenols is 1. The number of benzene rings is 2. The fourth-order valence-electron chi connectivity index (χ4n) is 6.84. The van der Waals surface area contributed by atoms with Crippen LogP contribution >= 0.6 is 0 Å². The number of phenolic OH excluding ortho intramolecular Hbond substituents is 1. The molecule has 3 aliphatic carbocycles. The molecule has 40 heavy (non-hydrogen) atoms. The number of hydrogen-bond acceptors (Lipinski definition) is 10. The van der Waals surface area contributed by atoms with Gasteiger partial charge in [-0.1, -0.05) is 42.5 Å². The van der Waals surface area contributed by atoms with Crippen LogP contribution in [0.2, 0.25) is 0 Å². The standard InChI is InChI=1S/C29H30N2O9/c1-31(2)22-21-24(34)18-15(12-40-11-13-7-4-3-5-8-13)14-9-6-10-16(32)17(14)23(33)19(18)26(36)29(21,39)27(37)20(25(22)35)28(30)38/h3-10,15,18-22,24,32,34,39H,11-12H2,1-2H3,(H2,30,38). The molecule has 11 nitrogen and oxygen atoms in total. The average Bonchev–Trinajstić information content (AvgIpc) is 2.90. The van der Waals surface area contributed by atoms with E-state index in [4.69, 9.17) is 10.5 Å². The highest BCUT2D eigenvalue weighted by Crippen LogP contribution is 2.54. The summed E-state index contributed by atoms with van der Waals surface area (Å²) in [7, 11) is 2.89. The Balaban J connectivity index is 1.64. The Morgan fingerprint density at radius 2 is 1.70 bits per heavy atom. The summed E-state index contributed by atoms with van der Waals surface area (Å²) in [5.41, 5.74) is 3.31. The summed E-state index contributed by atoms with van der Waals surface area (Å²) in [6.07, 6.45) is -1.73. The highest BCUT2D eigenvalue weighted by Gasteiger charge is 2.73. The summed E-state index contributed by atoms with van der Waals surface area (Å²) in [5, 5.41) is 34.2. The Morgan fingerprint density at radius 3 is 2.33 bits per heavy atom. The molecule has 2 aromatic rings. The molecule has 5 N–H and O–H groups in total. The lowest BCUT2D eigenvalue weighted by Crippen LogP contribution is -2.77. The third-order valence-corrected chi connectivity index (χ3v) is 8.56. The number of primary amides is 1. The fraction of sp³-hybridized carbons (Fsp3) is 0.414. The summed E-state index contributed by atoms with van der Waals surface area (Å²) in [6, 6.07) is 12.2. The quantitative estimate of drug-likeness (QED) is 0.345.